The van der Waals surface area contributed by atoms with Gasteiger partial charge in [0.2, 0.25) is 0 Å². The first-order valence-corrected chi connectivity index (χ1v) is 3.31. The fourth-order valence-corrected chi connectivity index (χ4v) is 1.39. The summed E-state index contributed by atoms with van der Waals surface area (Å²) in [6.45, 7) is 0. The molecule has 0 radical (unpaired) electrons. The van der Waals surface area contributed by atoms with Crippen molar-refractivity contribution >= 4 is 27.3 Å². The molecular formula is C4H4BrLiS. The summed E-state index contributed by atoms with van der Waals surface area (Å²) in [4.78, 5) is 0. The van der Waals surface area contributed by atoms with Crippen molar-refractivity contribution in [3.63, 3.8) is 0 Å². The Balaban J connectivity index is 0. The van der Waals surface area contributed by atoms with Crippen LogP contribution >= 0.6 is 27.3 Å². The number of rotatable bonds is 0. The minimum absolute atomic E-state index is 0. The van der Waals surface area contributed by atoms with Crippen LogP contribution in [0.1, 0.15) is 1.43 Å². The molecule has 0 aliphatic carbocycles. The van der Waals surface area contributed by atoms with Crippen molar-refractivity contribution in [2.45, 2.75) is 0 Å². The van der Waals surface area contributed by atoms with Crippen molar-refractivity contribution in [1.29, 1.82) is 0 Å². The molecule has 3 heteroatoms. The molecule has 1 aromatic heterocycles. The molecule has 0 N–H and O–H groups in total. The van der Waals surface area contributed by atoms with Gasteiger partial charge in [0.1, 0.15) is 0 Å². The van der Waals surface area contributed by atoms with Crippen LogP contribution in [0.15, 0.2) is 21.3 Å². The Morgan fingerprint density at radius 1 is 1.71 bits per heavy atom. The first-order chi connectivity index (χ1) is 2.89. The second-order valence-electron chi connectivity index (χ2n) is 0.942. The summed E-state index contributed by atoms with van der Waals surface area (Å²) in [5, 5.41) is 4.07. The molecule has 0 saturated carbocycles. The van der Waals surface area contributed by atoms with Crippen LogP contribution in [0.25, 0.3) is 0 Å². The van der Waals surface area contributed by atoms with Crippen molar-refractivity contribution < 1.29 is 20.3 Å². The fourth-order valence-electron chi connectivity index (χ4n) is 0.248. The topological polar surface area (TPSA) is 0 Å². The summed E-state index contributed by atoms with van der Waals surface area (Å²) in [5.74, 6) is 0. The van der Waals surface area contributed by atoms with Crippen LogP contribution in [0, 0.1) is 0 Å². The maximum Gasteiger partial charge on any atom is 1.00 e. The van der Waals surface area contributed by atoms with E-state index in [1.54, 1.807) is 11.3 Å². The minimum atomic E-state index is 0. The summed E-state index contributed by atoms with van der Waals surface area (Å²) < 4.78 is 1.17. The van der Waals surface area contributed by atoms with Crippen LogP contribution in [-0.4, -0.2) is 0 Å². The van der Waals surface area contributed by atoms with Gasteiger partial charge in [0.25, 0.3) is 0 Å². The molecule has 0 amide bonds. The molecule has 0 aliphatic rings. The molecule has 0 unspecified atom stereocenters. The van der Waals surface area contributed by atoms with Gasteiger partial charge in [-0.2, -0.15) is 11.3 Å². The third-order valence-electron chi connectivity index (χ3n) is 0.486. The Hall–Kier alpha value is 0.777. The second kappa shape index (κ2) is 3.74. The fraction of sp³-hybridized carbons (Fsp3) is 0. The number of halogens is 1. The number of hydrogen-bond acceptors (Lipinski definition) is 1. The average Bonchev–Trinajstić information content (AvgIpc) is 1.86. The summed E-state index contributed by atoms with van der Waals surface area (Å²) in [6, 6.07) is 2.02. The van der Waals surface area contributed by atoms with Gasteiger partial charge in [0.15, 0.2) is 0 Å². The van der Waals surface area contributed by atoms with Gasteiger partial charge in [-0.05, 0) is 27.4 Å². The molecule has 0 nitrogen and oxygen atoms in total. The average molecular weight is 171 g/mol. The van der Waals surface area contributed by atoms with Crippen LogP contribution in [0.2, 0.25) is 0 Å². The third-order valence-corrected chi connectivity index (χ3v) is 1.97. The van der Waals surface area contributed by atoms with Crippen molar-refractivity contribution in [2.75, 3.05) is 0 Å². The van der Waals surface area contributed by atoms with Gasteiger partial charge < -0.3 is 1.43 Å². The van der Waals surface area contributed by atoms with E-state index in [2.05, 4.69) is 15.9 Å². The van der Waals surface area contributed by atoms with Crippen LogP contribution in [0.5, 0.6) is 0 Å². The summed E-state index contributed by atoms with van der Waals surface area (Å²) in [7, 11) is 0. The van der Waals surface area contributed by atoms with E-state index in [1.807, 2.05) is 16.8 Å². The Bertz CT molecular complexity index is 120. The van der Waals surface area contributed by atoms with E-state index in [0.29, 0.717) is 0 Å². The van der Waals surface area contributed by atoms with Gasteiger partial charge >= 0.3 is 18.9 Å². The Labute approximate surface area is 68.7 Å². The molecule has 0 aromatic carbocycles. The Kier molecular flexibility index (Phi) is 4.16. The van der Waals surface area contributed by atoms with Gasteiger partial charge in [-0.3, -0.25) is 0 Å². The van der Waals surface area contributed by atoms with E-state index in [9.17, 15) is 0 Å². The number of hydrogen-bond donors (Lipinski definition) is 0. The maximum atomic E-state index is 3.29. The van der Waals surface area contributed by atoms with E-state index in [-0.39, 0.29) is 20.3 Å². The Morgan fingerprint density at radius 2 is 2.43 bits per heavy atom. The first-order valence-electron chi connectivity index (χ1n) is 1.57. The van der Waals surface area contributed by atoms with E-state index in [1.165, 1.54) is 4.47 Å². The molecule has 1 aromatic rings. The molecule has 1 heterocycles. The molecule has 7 heavy (non-hydrogen) atoms. The largest absolute Gasteiger partial charge is 1.00 e. The van der Waals surface area contributed by atoms with Gasteiger partial charge in [-0.1, -0.05) is 0 Å². The zero-order valence-corrected chi connectivity index (χ0v) is 6.42. The zero-order valence-electron chi connectivity index (χ0n) is 5.02. The quantitative estimate of drug-likeness (QED) is 0.467. The van der Waals surface area contributed by atoms with Crippen LogP contribution < -0.4 is 18.9 Å². The summed E-state index contributed by atoms with van der Waals surface area (Å²) in [5.41, 5.74) is 0. The SMILES string of the molecule is Brc1ccsc1.[H-].[Li+]. The minimum Gasteiger partial charge on any atom is -1.00 e. The summed E-state index contributed by atoms with van der Waals surface area (Å²) in [6.07, 6.45) is 0. The van der Waals surface area contributed by atoms with Gasteiger partial charge in [-0.15, -0.1) is 0 Å². The van der Waals surface area contributed by atoms with Crippen LogP contribution in [0.4, 0.5) is 0 Å². The smallest absolute Gasteiger partial charge is 1.00 e. The molecule has 0 fully saturated rings. The molecule has 0 aliphatic heterocycles. The van der Waals surface area contributed by atoms with Gasteiger partial charge in [-0.25, -0.2) is 0 Å². The van der Waals surface area contributed by atoms with E-state index in [4.69, 9.17) is 0 Å². The maximum absolute atomic E-state index is 3.29. The van der Waals surface area contributed by atoms with E-state index >= 15 is 0 Å². The van der Waals surface area contributed by atoms with Crippen molar-refractivity contribution in [3.8, 4) is 0 Å². The Morgan fingerprint density at radius 3 is 2.57 bits per heavy atom. The molecule has 34 valence electrons. The predicted octanol–water partition coefficient (Wildman–Crippen LogP) is -0.373. The van der Waals surface area contributed by atoms with Crippen molar-refractivity contribution in [2.24, 2.45) is 0 Å². The van der Waals surface area contributed by atoms with E-state index < -0.39 is 0 Å². The normalized spacial score (nSPS) is 7.57. The monoisotopic (exact) mass is 170 g/mol. The molecule has 0 atom stereocenters. The zero-order chi connectivity index (χ0) is 4.41. The molecule has 0 bridgehead atoms. The molecule has 1 rings (SSSR count). The summed E-state index contributed by atoms with van der Waals surface area (Å²) >= 11 is 4.98. The molecule has 0 saturated heterocycles. The van der Waals surface area contributed by atoms with Crippen molar-refractivity contribution in [3.05, 3.63) is 21.3 Å². The molecular weight excluding hydrogens is 167 g/mol. The first kappa shape index (κ1) is 7.78. The number of thiophene rings is 1. The third kappa shape index (κ3) is 2.56. The van der Waals surface area contributed by atoms with Crippen LogP contribution in [-0.2, 0) is 0 Å². The van der Waals surface area contributed by atoms with Gasteiger partial charge in [0, 0.05) is 9.85 Å². The molecule has 0 spiro atoms. The van der Waals surface area contributed by atoms with Crippen LogP contribution in [0.3, 0.4) is 0 Å². The second-order valence-corrected chi connectivity index (χ2v) is 2.64. The van der Waals surface area contributed by atoms with E-state index in [0.717, 1.165) is 0 Å². The van der Waals surface area contributed by atoms with Gasteiger partial charge in [0.05, 0.1) is 0 Å². The standard InChI is InChI=1S/C4H3BrS.Li.H/c5-4-1-2-6-3-4;;/h1-3H;;/q;+1;-1. The predicted molar refractivity (Wildman–Crippen MR) is 33.1 cm³/mol. The van der Waals surface area contributed by atoms with Crippen molar-refractivity contribution in [1.82, 2.24) is 0 Å².